The molecule has 7 nitrogen and oxygen atoms in total. The second-order valence-corrected chi connectivity index (χ2v) is 13.6. The summed E-state index contributed by atoms with van der Waals surface area (Å²) in [5.41, 5.74) is 3.74. The third kappa shape index (κ3) is 8.58. The Hall–Kier alpha value is -3.36. The van der Waals surface area contributed by atoms with E-state index in [2.05, 4.69) is 5.32 Å². The summed E-state index contributed by atoms with van der Waals surface area (Å²) in [6.45, 7) is 3.37. The lowest BCUT2D eigenvalue weighted by Crippen LogP contribution is -2.55. The van der Waals surface area contributed by atoms with Gasteiger partial charge < -0.3 is 10.2 Å². The van der Waals surface area contributed by atoms with E-state index in [-0.39, 0.29) is 24.9 Å². The van der Waals surface area contributed by atoms with Gasteiger partial charge in [-0.3, -0.25) is 13.9 Å². The van der Waals surface area contributed by atoms with Crippen molar-refractivity contribution < 1.29 is 18.0 Å². The molecule has 0 spiro atoms. The Balaban J connectivity index is 1.74. The highest BCUT2D eigenvalue weighted by atomic mass is 35.5. The molecule has 9 heteroatoms. The Kier molecular flexibility index (Phi) is 10.7. The third-order valence-corrected chi connectivity index (χ3v) is 9.20. The van der Waals surface area contributed by atoms with Gasteiger partial charge in [-0.05, 0) is 67.1 Å². The number of aryl methyl sites for hydroxylation is 2. The van der Waals surface area contributed by atoms with Crippen molar-refractivity contribution in [2.24, 2.45) is 0 Å². The van der Waals surface area contributed by atoms with E-state index in [9.17, 15) is 18.0 Å². The van der Waals surface area contributed by atoms with E-state index >= 15 is 0 Å². The first-order chi connectivity index (χ1) is 20.0. The number of sulfonamides is 1. The minimum Gasteiger partial charge on any atom is -0.352 e. The maximum Gasteiger partial charge on any atom is 0.244 e. The number of anilines is 1. The van der Waals surface area contributed by atoms with Gasteiger partial charge in [0, 0.05) is 24.0 Å². The molecule has 0 bridgehead atoms. The van der Waals surface area contributed by atoms with Crippen molar-refractivity contribution in [3.8, 4) is 0 Å². The smallest absolute Gasteiger partial charge is 0.244 e. The molecule has 1 fully saturated rings. The second kappa shape index (κ2) is 14.2. The molecule has 42 heavy (non-hydrogen) atoms. The van der Waals surface area contributed by atoms with Crippen LogP contribution in [0.15, 0.2) is 72.8 Å². The number of nitrogens with zero attached hydrogens (tertiary/aromatic N) is 2. The number of carbonyl (C=O) groups excluding carboxylic acids is 2. The summed E-state index contributed by atoms with van der Waals surface area (Å²) in [5, 5.41) is 3.68. The van der Waals surface area contributed by atoms with Crippen LogP contribution in [0.4, 0.5) is 5.69 Å². The first-order valence-electron chi connectivity index (χ1n) is 14.4. The summed E-state index contributed by atoms with van der Waals surface area (Å²) in [5.74, 6) is -0.734. The molecule has 0 radical (unpaired) electrons. The molecule has 224 valence electrons. The Bertz CT molecular complexity index is 1470. The summed E-state index contributed by atoms with van der Waals surface area (Å²) in [6.07, 6.45) is 6.42. The van der Waals surface area contributed by atoms with Crippen molar-refractivity contribution in [2.45, 2.75) is 71.0 Å². The zero-order chi connectivity index (χ0) is 30.3. The molecule has 1 atom stereocenters. The van der Waals surface area contributed by atoms with Gasteiger partial charge in [0.05, 0.1) is 11.9 Å². The van der Waals surface area contributed by atoms with Crippen LogP contribution >= 0.6 is 11.6 Å². The van der Waals surface area contributed by atoms with Gasteiger partial charge in [0.1, 0.15) is 12.6 Å². The minimum absolute atomic E-state index is 0.0459. The summed E-state index contributed by atoms with van der Waals surface area (Å²) in [4.78, 5) is 29.8. The van der Waals surface area contributed by atoms with Crippen LogP contribution in [0, 0.1) is 13.8 Å². The Morgan fingerprint density at radius 1 is 0.929 bits per heavy atom. The van der Waals surface area contributed by atoms with Gasteiger partial charge in [0.15, 0.2) is 0 Å². The molecule has 1 aliphatic carbocycles. The topological polar surface area (TPSA) is 86.8 Å². The molecule has 3 aromatic rings. The minimum atomic E-state index is -3.83. The van der Waals surface area contributed by atoms with Crippen LogP contribution in [0.3, 0.4) is 0 Å². The van der Waals surface area contributed by atoms with Crippen LogP contribution in [-0.2, 0) is 32.6 Å². The van der Waals surface area contributed by atoms with Crippen LogP contribution in [0.25, 0.3) is 0 Å². The van der Waals surface area contributed by atoms with Crippen molar-refractivity contribution in [3.63, 3.8) is 0 Å². The number of carbonyl (C=O) groups is 2. The Labute approximate surface area is 254 Å². The van der Waals surface area contributed by atoms with Crippen molar-refractivity contribution >= 4 is 39.1 Å². The van der Waals surface area contributed by atoms with Crippen LogP contribution in [0.2, 0.25) is 5.02 Å². The van der Waals surface area contributed by atoms with E-state index in [0.717, 1.165) is 59.4 Å². The lowest BCUT2D eigenvalue weighted by molar-refractivity contribution is -0.140. The first-order valence-corrected chi connectivity index (χ1v) is 16.7. The van der Waals surface area contributed by atoms with Gasteiger partial charge in [0.25, 0.3) is 0 Å². The number of hydrogen-bond donors (Lipinski definition) is 1. The highest BCUT2D eigenvalue weighted by molar-refractivity contribution is 7.92. The second-order valence-electron chi connectivity index (χ2n) is 11.3. The zero-order valence-electron chi connectivity index (χ0n) is 24.6. The van der Waals surface area contributed by atoms with Gasteiger partial charge in [-0.25, -0.2) is 8.42 Å². The number of halogens is 1. The zero-order valence-corrected chi connectivity index (χ0v) is 26.1. The fraction of sp³-hybridized carbons (Fsp3) is 0.394. The Morgan fingerprint density at radius 2 is 1.55 bits per heavy atom. The van der Waals surface area contributed by atoms with Gasteiger partial charge in [-0.1, -0.05) is 85.5 Å². The van der Waals surface area contributed by atoms with E-state index < -0.39 is 28.5 Å². The predicted octanol–water partition coefficient (Wildman–Crippen LogP) is 5.81. The van der Waals surface area contributed by atoms with E-state index in [1.807, 2.05) is 62.4 Å². The van der Waals surface area contributed by atoms with Crippen LogP contribution in [0.5, 0.6) is 0 Å². The van der Waals surface area contributed by atoms with Gasteiger partial charge >= 0.3 is 0 Å². The number of rotatable bonds is 11. The lowest BCUT2D eigenvalue weighted by atomic mass is 9.94. The predicted molar refractivity (Wildman–Crippen MR) is 169 cm³/mol. The maximum atomic E-state index is 14.3. The number of benzene rings is 3. The molecule has 1 N–H and O–H groups in total. The average Bonchev–Trinajstić information content (AvgIpc) is 2.94. The van der Waals surface area contributed by atoms with E-state index in [4.69, 9.17) is 11.6 Å². The van der Waals surface area contributed by atoms with Gasteiger partial charge in [-0.2, -0.15) is 0 Å². The lowest BCUT2D eigenvalue weighted by Gasteiger charge is -2.35. The molecule has 1 saturated carbocycles. The van der Waals surface area contributed by atoms with E-state index in [0.29, 0.717) is 16.3 Å². The molecule has 0 heterocycles. The fourth-order valence-corrected chi connectivity index (χ4v) is 6.65. The number of nitrogens with one attached hydrogen (secondary N) is 1. The largest absolute Gasteiger partial charge is 0.352 e. The SMILES string of the molecule is Cc1cc(C)cc(N(CC(=O)N(Cc2ccccc2Cl)[C@H](Cc2ccccc2)C(=O)NC2CCCCC2)S(C)(=O)=O)c1. The fourth-order valence-electron chi connectivity index (χ4n) is 5.62. The third-order valence-electron chi connectivity index (χ3n) is 7.69. The molecule has 0 unspecified atom stereocenters. The quantitative estimate of drug-likeness (QED) is 0.297. The highest BCUT2D eigenvalue weighted by Gasteiger charge is 2.34. The summed E-state index contributed by atoms with van der Waals surface area (Å²) in [7, 11) is -3.83. The average molecular weight is 610 g/mol. The number of hydrogen-bond acceptors (Lipinski definition) is 4. The highest BCUT2D eigenvalue weighted by Crippen LogP contribution is 2.25. The van der Waals surface area contributed by atoms with Crippen molar-refractivity contribution in [2.75, 3.05) is 17.1 Å². The molecule has 3 aromatic carbocycles. The standard InChI is InChI=1S/C33H40ClN3O4S/c1-24-18-25(2)20-29(19-24)37(42(3,40)41)23-32(38)36(22-27-14-10-11-17-30(27)34)31(21-26-12-6-4-7-13-26)33(39)35-28-15-8-5-9-16-28/h4,6-7,10-14,17-20,28,31H,5,8-9,15-16,21-23H2,1-3H3,(H,35,39)/t31-/m1/s1. The van der Waals surface area contributed by atoms with Crippen LogP contribution in [0.1, 0.15) is 54.4 Å². The molecule has 2 amide bonds. The molecule has 0 aromatic heterocycles. The Morgan fingerprint density at radius 3 is 2.17 bits per heavy atom. The monoisotopic (exact) mass is 609 g/mol. The maximum absolute atomic E-state index is 14.3. The van der Waals surface area contributed by atoms with Gasteiger partial charge in [0.2, 0.25) is 21.8 Å². The van der Waals surface area contributed by atoms with E-state index in [1.165, 1.54) is 4.90 Å². The molecule has 0 saturated heterocycles. The van der Waals surface area contributed by atoms with Crippen molar-refractivity contribution in [1.29, 1.82) is 0 Å². The molecular weight excluding hydrogens is 570 g/mol. The van der Waals surface area contributed by atoms with Crippen LogP contribution < -0.4 is 9.62 Å². The number of amides is 2. The summed E-state index contributed by atoms with van der Waals surface area (Å²) >= 11 is 6.54. The normalized spacial score (nSPS) is 14.7. The molecular formula is C33H40ClN3O4S. The van der Waals surface area contributed by atoms with Crippen molar-refractivity contribution in [3.05, 3.63) is 100 Å². The molecule has 1 aliphatic rings. The summed E-state index contributed by atoms with van der Waals surface area (Å²) in [6, 6.07) is 21.4. The first kappa shape index (κ1) is 31.6. The van der Waals surface area contributed by atoms with Crippen molar-refractivity contribution in [1.82, 2.24) is 10.2 Å². The summed E-state index contributed by atoms with van der Waals surface area (Å²) < 4.78 is 27.2. The van der Waals surface area contributed by atoms with Gasteiger partial charge in [-0.15, -0.1) is 0 Å². The molecule has 0 aliphatic heterocycles. The van der Waals surface area contributed by atoms with E-state index in [1.54, 1.807) is 24.3 Å². The van der Waals surface area contributed by atoms with Crippen LogP contribution in [-0.4, -0.2) is 50.0 Å². The molecule has 4 rings (SSSR count).